The summed E-state index contributed by atoms with van der Waals surface area (Å²) in [5, 5.41) is 3.12. The lowest BCUT2D eigenvalue weighted by atomic mass is 10.2. The van der Waals surface area contributed by atoms with Gasteiger partial charge in [-0.2, -0.15) is 0 Å². The molecular formula is C15H23NO3S. The molecule has 0 bridgehead atoms. The number of benzene rings is 1. The summed E-state index contributed by atoms with van der Waals surface area (Å²) in [5.74, 6) is 0.442. The maximum atomic E-state index is 12.7. The quantitative estimate of drug-likeness (QED) is 0.876. The van der Waals surface area contributed by atoms with Crippen molar-refractivity contribution in [3.63, 3.8) is 0 Å². The number of rotatable bonds is 6. The summed E-state index contributed by atoms with van der Waals surface area (Å²) >= 11 is 0. The molecule has 0 aliphatic heterocycles. The van der Waals surface area contributed by atoms with Crippen molar-refractivity contribution in [2.75, 3.05) is 13.7 Å². The molecule has 1 fully saturated rings. The van der Waals surface area contributed by atoms with E-state index in [1.807, 2.05) is 0 Å². The van der Waals surface area contributed by atoms with Gasteiger partial charge in [-0.15, -0.1) is 0 Å². The smallest absolute Gasteiger partial charge is 0.184 e. The van der Waals surface area contributed by atoms with Crippen LogP contribution in [0.1, 0.15) is 32.6 Å². The van der Waals surface area contributed by atoms with E-state index in [0.717, 1.165) is 25.8 Å². The Labute approximate surface area is 121 Å². The molecular weight excluding hydrogens is 274 g/mol. The lowest BCUT2D eigenvalue weighted by Gasteiger charge is -2.15. The second-order valence-corrected chi connectivity index (χ2v) is 7.48. The number of nitrogens with one attached hydrogen (secondary N) is 1. The highest BCUT2D eigenvalue weighted by atomic mass is 32.2. The highest BCUT2D eigenvalue weighted by Crippen LogP contribution is 2.34. The van der Waals surface area contributed by atoms with Crippen LogP contribution in [0.15, 0.2) is 29.2 Å². The Kier molecular flexibility index (Phi) is 5.05. The molecule has 1 aliphatic rings. The Hall–Kier alpha value is -1.07. The lowest BCUT2D eigenvalue weighted by molar-refractivity contribution is 0.402. The largest absolute Gasteiger partial charge is 0.495 e. The second kappa shape index (κ2) is 6.59. The van der Waals surface area contributed by atoms with Gasteiger partial charge in [-0.3, -0.25) is 0 Å². The SMILES string of the molecule is CCCNC1CCC(S(=O)(=O)c2ccccc2OC)C1. The minimum atomic E-state index is -3.30. The van der Waals surface area contributed by atoms with E-state index in [-0.39, 0.29) is 5.25 Å². The van der Waals surface area contributed by atoms with Crippen molar-refractivity contribution in [2.45, 2.75) is 48.8 Å². The van der Waals surface area contributed by atoms with E-state index in [9.17, 15) is 8.42 Å². The van der Waals surface area contributed by atoms with Gasteiger partial charge in [-0.1, -0.05) is 19.1 Å². The zero-order chi connectivity index (χ0) is 14.6. The van der Waals surface area contributed by atoms with Gasteiger partial charge < -0.3 is 10.1 Å². The van der Waals surface area contributed by atoms with Crippen molar-refractivity contribution in [2.24, 2.45) is 0 Å². The first-order valence-electron chi connectivity index (χ1n) is 7.20. The molecule has 5 heteroatoms. The van der Waals surface area contributed by atoms with E-state index in [2.05, 4.69) is 12.2 Å². The fraction of sp³-hybridized carbons (Fsp3) is 0.600. The minimum Gasteiger partial charge on any atom is -0.495 e. The van der Waals surface area contributed by atoms with Crippen LogP contribution in [0.3, 0.4) is 0 Å². The Morgan fingerprint density at radius 3 is 2.75 bits per heavy atom. The van der Waals surface area contributed by atoms with E-state index < -0.39 is 9.84 Å². The van der Waals surface area contributed by atoms with Gasteiger partial charge in [0.2, 0.25) is 0 Å². The Bertz CT molecular complexity index is 542. The molecule has 0 heterocycles. The summed E-state index contributed by atoms with van der Waals surface area (Å²) in [6, 6.07) is 7.20. The Morgan fingerprint density at radius 2 is 2.05 bits per heavy atom. The predicted octanol–water partition coefficient (Wildman–Crippen LogP) is 2.39. The number of hydrogen-bond donors (Lipinski definition) is 1. The molecule has 2 unspecified atom stereocenters. The maximum Gasteiger partial charge on any atom is 0.184 e. The average Bonchev–Trinajstić information content (AvgIpc) is 2.94. The number of methoxy groups -OCH3 is 1. The number of hydrogen-bond acceptors (Lipinski definition) is 4. The van der Waals surface area contributed by atoms with Gasteiger partial charge in [-0.05, 0) is 44.4 Å². The van der Waals surface area contributed by atoms with Gasteiger partial charge in [0.25, 0.3) is 0 Å². The van der Waals surface area contributed by atoms with Crippen molar-refractivity contribution >= 4 is 9.84 Å². The van der Waals surface area contributed by atoms with E-state index >= 15 is 0 Å². The third kappa shape index (κ3) is 3.15. The van der Waals surface area contributed by atoms with Crippen molar-refractivity contribution < 1.29 is 13.2 Å². The number of ether oxygens (including phenoxy) is 1. The minimum absolute atomic E-state index is 0.298. The van der Waals surface area contributed by atoms with Crippen LogP contribution >= 0.6 is 0 Å². The summed E-state index contributed by atoms with van der Waals surface area (Å²) in [6.07, 6.45) is 3.42. The zero-order valence-corrected chi connectivity index (χ0v) is 12.9. The molecule has 0 amide bonds. The van der Waals surface area contributed by atoms with Crippen LogP contribution in [0.4, 0.5) is 0 Å². The summed E-state index contributed by atoms with van der Waals surface area (Å²) in [6.45, 7) is 3.07. The van der Waals surface area contributed by atoms with Gasteiger partial charge in [0.15, 0.2) is 9.84 Å². The topological polar surface area (TPSA) is 55.4 Å². The molecule has 4 nitrogen and oxygen atoms in total. The molecule has 1 saturated carbocycles. The van der Waals surface area contributed by atoms with Crippen molar-refractivity contribution in [1.29, 1.82) is 0 Å². The van der Waals surface area contributed by atoms with Crippen LogP contribution < -0.4 is 10.1 Å². The second-order valence-electron chi connectivity index (χ2n) is 5.28. The van der Waals surface area contributed by atoms with Crippen molar-refractivity contribution in [1.82, 2.24) is 5.32 Å². The Balaban J connectivity index is 2.15. The van der Waals surface area contributed by atoms with E-state index in [0.29, 0.717) is 23.1 Å². The molecule has 112 valence electrons. The average molecular weight is 297 g/mol. The van der Waals surface area contributed by atoms with Crippen molar-refractivity contribution in [3.8, 4) is 5.75 Å². The Morgan fingerprint density at radius 1 is 1.30 bits per heavy atom. The highest BCUT2D eigenvalue weighted by Gasteiger charge is 2.36. The van der Waals surface area contributed by atoms with Gasteiger partial charge in [0.05, 0.1) is 12.4 Å². The molecule has 2 atom stereocenters. The monoisotopic (exact) mass is 297 g/mol. The molecule has 0 spiro atoms. The highest BCUT2D eigenvalue weighted by molar-refractivity contribution is 7.92. The summed E-state index contributed by atoms with van der Waals surface area (Å²) in [5.41, 5.74) is 0. The van der Waals surface area contributed by atoms with E-state index in [1.165, 1.54) is 7.11 Å². The summed E-state index contributed by atoms with van der Waals surface area (Å²) in [7, 11) is -1.80. The lowest BCUT2D eigenvalue weighted by Crippen LogP contribution is -2.29. The standard InChI is InChI=1S/C15H23NO3S/c1-3-10-16-12-8-9-13(11-12)20(17,18)15-7-5-4-6-14(15)19-2/h4-7,12-13,16H,3,8-11H2,1-2H3. The van der Waals surface area contributed by atoms with Gasteiger partial charge in [-0.25, -0.2) is 8.42 Å². The van der Waals surface area contributed by atoms with Crippen molar-refractivity contribution in [3.05, 3.63) is 24.3 Å². The first-order valence-corrected chi connectivity index (χ1v) is 8.74. The predicted molar refractivity (Wildman–Crippen MR) is 79.9 cm³/mol. The summed E-state index contributed by atoms with van der Waals surface area (Å²) in [4.78, 5) is 0.323. The molecule has 0 aromatic heterocycles. The van der Waals surface area contributed by atoms with Crippen LogP contribution in [0.25, 0.3) is 0 Å². The molecule has 2 rings (SSSR count). The zero-order valence-electron chi connectivity index (χ0n) is 12.1. The molecule has 1 aromatic carbocycles. The van der Waals surface area contributed by atoms with Crippen LogP contribution in [0, 0.1) is 0 Å². The first kappa shape index (κ1) is 15.3. The molecule has 1 aliphatic carbocycles. The first-order chi connectivity index (χ1) is 9.59. The van der Waals surface area contributed by atoms with Gasteiger partial charge in [0, 0.05) is 6.04 Å². The van der Waals surface area contributed by atoms with E-state index in [1.54, 1.807) is 24.3 Å². The maximum absolute atomic E-state index is 12.7. The normalized spacial score (nSPS) is 22.9. The van der Waals surface area contributed by atoms with Gasteiger partial charge >= 0.3 is 0 Å². The molecule has 0 radical (unpaired) electrons. The molecule has 0 saturated heterocycles. The number of para-hydroxylation sites is 1. The van der Waals surface area contributed by atoms with Crippen LogP contribution in [0.2, 0.25) is 0 Å². The van der Waals surface area contributed by atoms with Crippen LogP contribution in [0.5, 0.6) is 5.75 Å². The van der Waals surface area contributed by atoms with Crippen LogP contribution in [-0.2, 0) is 9.84 Å². The third-order valence-electron chi connectivity index (χ3n) is 3.88. The van der Waals surface area contributed by atoms with E-state index in [4.69, 9.17) is 4.74 Å². The van der Waals surface area contributed by atoms with Gasteiger partial charge in [0.1, 0.15) is 10.6 Å². The van der Waals surface area contributed by atoms with Crippen LogP contribution in [-0.4, -0.2) is 33.4 Å². The summed E-state index contributed by atoms with van der Waals surface area (Å²) < 4.78 is 30.6. The molecule has 1 aromatic rings. The molecule has 20 heavy (non-hydrogen) atoms. The fourth-order valence-electron chi connectivity index (χ4n) is 2.79. The molecule has 1 N–H and O–H groups in total. The number of sulfone groups is 1. The fourth-order valence-corrected chi connectivity index (χ4v) is 4.78. The third-order valence-corrected chi connectivity index (χ3v) is 6.14.